The van der Waals surface area contributed by atoms with E-state index in [0.29, 0.717) is 5.92 Å². The van der Waals surface area contributed by atoms with Crippen LogP contribution in [0.5, 0.6) is 0 Å². The first-order valence-corrected chi connectivity index (χ1v) is 7.73. The first-order chi connectivity index (χ1) is 9.58. The van der Waals surface area contributed by atoms with Crippen molar-refractivity contribution in [1.29, 1.82) is 0 Å². The maximum absolute atomic E-state index is 12.5. The SMILES string of the molecule is CC1CCCC(N)(C(=O)Nc2cnc3n2CCCC3)C1. The Morgan fingerprint density at radius 1 is 1.50 bits per heavy atom. The van der Waals surface area contributed by atoms with Crippen LogP contribution in [0.4, 0.5) is 5.82 Å². The largest absolute Gasteiger partial charge is 0.317 e. The number of carbonyl (C=O) groups is 1. The number of nitrogens with zero attached hydrogens (tertiary/aromatic N) is 2. The molecule has 1 aliphatic carbocycles. The summed E-state index contributed by atoms with van der Waals surface area (Å²) in [4.78, 5) is 16.9. The van der Waals surface area contributed by atoms with Gasteiger partial charge in [0.15, 0.2) is 0 Å². The molecule has 2 unspecified atom stereocenters. The van der Waals surface area contributed by atoms with Crippen molar-refractivity contribution in [3.05, 3.63) is 12.0 Å². The van der Waals surface area contributed by atoms with Gasteiger partial charge in [0, 0.05) is 13.0 Å². The number of nitrogens with one attached hydrogen (secondary N) is 1. The van der Waals surface area contributed by atoms with Crippen LogP contribution in [0.3, 0.4) is 0 Å². The molecule has 1 aromatic heterocycles. The smallest absolute Gasteiger partial charge is 0.245 e. The molecule has 3 N–H and O–H groups in total. The van der Waals surface area contributed by atoms with Gasteiger partial charge in [0.2, 0.25) is 5.91 Å². The van der Waals surface area contributed by atoms with Crippen molar-refractivity contribution in [2.75, 3.05) is 5.32 Å². The van der Waals surface area contributed by atoms with Crippen molar-refractivity contribution >= 4 is 11.7 Å². The predicted molar refractivity (Wildman–Crippen MR) is 78.3 cm³/mol. The Labute approximate surface area is 119 Å². The molecular formula is C15H24N4O. The van der Waals surface area contributed by atoms with Crippen LogP contribution in [0.25, 0.3) is 0 Å². The van der Waals surface area contributed by atoms with Crippen LogP contribution in [0.1, 0.15) is 51.3 Å². The van der Waals surface area contributed by atoms with E-state index in [1.54, 1.807) is 6.20 Å². The molecule has 20 heavy (non-hydrogen) atoms. The van der Waals surface area contributed by atoms with Crippen molar-refractivity contribution < 1.29 is 4.79 Å². The summed E-state index contributed by atoms with van der Waals surface area (Å²) in [6.07, 6.45) is 8.88. The molecule has 2 aliphatic rings. The summed E-state index contributed by atoms with van der Waals surface area (Å²) < 4.78 is 2.12. The number of hydrogen-bond acceptors (Lipinski definition) is 3. The van der Waals surface area contributed by atoms with E-state index in [2.05, 4.69) is 21.8 Å². The van der Waals surface area contributed by atoms with Crippen molar-refractivity contribution in [2.45, 2.75) is 64.0 Å². The average molecular weight is 276 g/mol. The molecule has 5 nitrogen and oxygen atoms in total. The summed E-state index contributed by atoms with van der Waals surface area (Å²) in [5.41, 5.74) is 5.63. The molecule has 5 heteroatoms. The fraction of sp³-hybridized carbons (Fsp3) is 0.733. The molecule has 0 radical (unpaired) electrons. The summed E-state index contributed by atoms with van der Waals surface area (Å²) in [6.45, 7) is 3.12. The summed E-state index contributed by atoms with van der Waals surface area (Å²) in [5, 5.41) is 3.02. The zero-order valence-electron chi connectivity index (χ0n) is 12.2. The van der Waals surface area contributed by atoms with E-state index in [4.69, 9.17) is 5.73 Å². The molecule has 0 spiro atoms. The first-order valence-electron chi connectivity index (χ1n) is 7.73. The average Bonchev–Trinajstić information content (AvgIpc) is 2.82. The first kappa shape index (κ1) is 13.6. The summed E-state index contributed by atoms with van der Waals surface area (Å²) in [7, 11) is 0. The van der Waals surface area contributed by atoms with Crippen molar-refractivity contribution in [3.8, 4) is 0 Å². The summed E-state index contributed by atoms with van der Waals surface area (Å²) in [6, 6.07) is 0. The van der Waals surface area contributed by atoms with E-state index in [0.717, 1.165) is 50.3 Å². The third-order valence-electron chi connectivity index (χ3n) is 4.70. The number of amides is 1. The van der Waals surface area contributed by atoms with E-state index >= 15 is 0 Å². The molecule has 0 bridgehead atoms. The molecule has 2 atom stereocenters. The summed E-state index contributed by atoms with van der Waals surface area (Å²) >= 11 is 0. The van der Waals surface area contributed by atoms with Gasteiger partial charge in [-0.05, 0) is 31.6 Å². The molecule has 1 aliphatic heterocycles. The minimum absolute atomic E-state index is 0.0441. The van der Waals surface area contributed by atoms with Gasteiger partial charge >= 0.3 is 0 Å². The van der Waals surface area contributed by atoms with Gasteiger partial charge in [-0.1, -0.05) is 19.8 Å². The molecule has 0 saturated heterocycles. The van der Waals surface area contributed by atoms with Gasteiger partial charge in [-0.25, -0.2) is 4.98 Å². The van der Waals surface area contributed by atoms with Gasteiger partial charge in [-0.3, -0.25) is 4.79 Å². The molecule has 2 heterocycles. The molecule has 0 aromatic carbocycles. The van der Waals surface area contributed by atoms with E-state index < -0.39 is 5.54 Å². The minimum Gasteiger partial charge on any atom is -0.317 e. The zero-order chi connectivity index (χ0) is 14.2. The second-order valence-electron chi connectivity index (χ2n) is 6.48. The second-order valence-corrected chi connectivity index (χ2v) is 6.48. The lowest BCUT2D eigenvalue weighted by atomic mass is 9.76. The zero-order valence-corrected chi connectivity index (χ0v) is 12.2. The van der Waals surface area contributed by atoms with Crippen LogP contribution in [0.15, 0.2) is 6.20 Å². The lowest BCUT2D eigenvalue weighted by Gasteiger charge is -2.35. The van der Waals surface area contributed by atoms with Crippen LogP contribution < -0.4 is 11.1 Å². The minimum atomic E-state index is -0.711. The van der Waals surface area contributed by atoms with Crippen LogP contribution in [0.2, 0.25) is 0 Å². The standard InChI is InChI=1S/C15H24N4O/c1-11-5-4-7-15(16,9-11)14(20)18-13-10-17-12-6-2-3-8-19(12)13/h10-11H,2-9,16H2,1H3,(H,18,20). The van der Waals surface area contributed by atoms with Crippen LogP contribution in [0, 0.1) is 5.92 Å². The van der Waals surface area contributed by atoms with Gasteiger partial charge in [0.1, 0.15) is 11.6 Å². The number of imidazole rings is 1. The molecule has 110 valence electrons. The van der Waals surface area contributed by atoms with Crippen molar-refractivity contribution in [3.63, 3.8) is 0 Å². The van der Waals surface area contributed by atoms with Crippen LogP contribution in [-0.4, -0.2) is 21.0 Å². The fourth-order valence-electron chi connectivity index (χ4n) is 3.55. The van der Waals surface area contributed by atoms with E-state index in [1.807, 2.05) is 0 Å². The molecular weight excluding hydrogens is 252 g/mol. The Morgan fingerprint density at radius 2 is 2.35 bits per heavy atom. The Bertz CT molecular complexity index is 510. The number of hydrogen-bond donors (Lipinski definition) is 2. The Hall–Kier alpha value is -1.36. The number of nitrogens with two attached hydrogens (primary N) is 1. The number of aryl methyl sites for hydroxylation is 1. The number of aromatic nitrogens is 2. The van der Waals surface area contributed by atoms with Crippen molar-refractivity contribution in [2.24, 2.45) is 11.7 Å². The second kappa shape index (κ2) is 5.20. The van der Waals surface area contributed by atoms with Gasteiger partial charge in [0.25, 0.3) is 0 Å². The van der Waals surface area contributed by atoms with Gasteiger partial charge in [-0.2, -0.15) is 0 Å². The number of rotatable bonds is 2. The van der Waals surface area contributed by atoms with Crippen LogP contribution >= 0.6 is 0 Å². The molecule has 1 aromatic rings. The highest BCUT2D eigenvalue weighted by atomic mass is 16.2. The monoisotopic (exact) mass is 276 g/mol. The van der Waals surface area contributed by atoms with Gasteiger partial charge < -0.3 is 15.6 Å². The van der Waals surface area contributed by atoms with E-state index in [9.17, 15) is 4.79 Å². The normalized spacial score (nSPS) is 29.8. The van der Waals surface area contributed by atoms with Gasteiger partial charge in [0.05, 0.1) is 11.7 Å². The fourth-order valence-corrected chi connectivity index (χ4v) is 3.55. The molecule has 1 amide bonds. The lowest BCUT2D eigenvalue weighted by molar-refractivity contribution is -0.122. The molecule has 1 fully saturated rings. The van der Waals surface area contributed by atoms with Gasteiger partial charge in [-0.15, -0.1) is 0 Å². The van der Waals surface area contributed by atoms with E-state index in [-0.39, 0.29) is 5.91 Å². The number of carbonyl (C=O) groups excluding carboxylic acids is 1. The van der Waals surface area contributed by atoms with E-state index in [1.165, 1.54) is 12.8 Å². The summed E-state index contributed by atoms with van der Waals surface area (Å²) in [5.74, 6) is 2.37. The third-order valence-corrected chi connectivity index (χ3v) is 4.70. The maximum Gasteiger partial charge on any atom is 0.245 e. The number of fused-ring (bicyclic) bond motifs is 1. The highest BCUT2D eigenvalue weighted by Crippen LogP contribution is 2.31. The molecule has 1 saturated carbocycles. The van der Waals surface area contributed by atoms with Crippen molar-refractivity contribution in [1.82, 2.24) is 9.55 Å². The maximum atomic E-state index is 12.5. The Kier molecular flexibility index (Phi) is 3.54. The highest BCUT2D eigenvalue weighted by molar-refractivity contribution is 5.97. The topological polar surface area (TPSA) is 72.9 Å². The molecule has 3 rings (SSSR count). The number of anilines is 1. The van der Waals surface area contributed by atoms with Crippen LogP contribution in [-0.2, 0) is 17.8 Å². The highest BCUT2D eigenvalue weighted by Gasteiger charge is 2.38. The quantitative estimate of drug-likeness (QED) is 0.868. The lowest BCUT2D eigenvalue weighted by Crippen LogP contribution is -2.54. The Balaban J connectivity index is 1.74. The predicted octanol–water partition coefficient (Wildman–Crippen LogP) is 2.07. The third kappa shape index (κ3) is 2.46. The Morgan fingerprint density at radius 3 is 3.15 bits per heavy atom.